The van der Waals surface area contributed by atoms with Crippen LogP contribution in [0.3, 0.4) is 0 Å². The lowest BCUT2D eigenvalue weighted by Crippen LogP contribution is -2.51. The fraction of sp³-hybridized carbons (Fsp3) is 0.429. The number of nitrogens with one attached hydrogen (secondary N) is 1. The van der Waals surface area contributed by atoms with Gasteiger partial charge in [0, 0.05) is 48.1 Å². The van der Waals surface area contributed by atoms with Crippen LogP contribution in [0.2, 0.25) is 0 Å². The Morgan fingerprint density at radius 3 is 2.52 bits per heavy atom. The van der Waals surface area contributed by atoms with E-state index in [1.807, 2.05) is 4.90 Å². The number of thiazole rings is 1. The number of ether oxygens (including phenoxy) is 1. The molecule has 1 saturated carbocycles. The zero-order valence-corrected chi connectivity index (χ0v) is 22.9. The highest BCUT2D eigenvalue weighted by atomic mass is 32.1. The summed E-state index contributed by atoms with van der Waals surface area (Å²) in [6.07, 6.45) is -1.21. The molecule has 3 fully saturated rings. The van der Waals surface area contributed by atoms with Crippen LogP contribution in [0, 0.1) is 28.4 Å². The Labute approximate surface area is 240 Å². The predicted octanol–water partition coefficient (Wildman–Crippen LogP) is 5.80. The Hall–Kier alpha value is -3.83. The molecule has 3 N–H and O–H groups in total. The molecule has 0 radical (unpaired) electrons. The van der Waals surface area contributed by atoms with Gasteiger partial charge in [0.15, 0.2) is 10.9 Å². The van der Waals surface area contributed by atoms with Crippen molar-refractivity contribution in [1.82, 2.24) is 20.3 Å². The Kier molecular flexibility index (Phi) is 6.18. The number of benzene rings is 2. The average Bonchev–Trinajstić information content (AvgIpc) is 3.50. The van der Waals surface area contributed by atoms with E-state index in [1.54, 1.807) is 0 Å². The minimum absolute atomic E-state index is 0.0643. The standard InChI is InChI=1S/C28H24F5N7OS/c29-18-4-3-15(22-23(18)42-25(35)37-22)19-17(28(31,32)33)9-16-21(20(19)30)38-26(41-8-7-27(12-34)5-6-27)39-24(16)40-10-13-1-2-14(11-40)36-13/h3-4,9,13-14,36H,1-2,5-8,10-11H2,(H2,35,37). The van der Waals surface area contributed by atoms with Crippen molar-refractivity contribution in [3.63, 3.8) is 0 Å². The number of hydrogen-bond acceptors (Lipinski definition) is 9. The Morgan fingerprint density at radius 1 is 1.12 bits per heavy atom. The molecule has 4 heterocycles. The van der Waals surface area contributed by atoms with Gasteiger partial charge in [-0.15, -0.1) is 0 Å². The summed E-state index contributed by atoms with van der Waals surface area (Å²) >= 11 is 0.765. The predicted molar refractivity (Wildman–Crippen MR) is 147 cm³/mol. The fourth-order valence-corrected chi connectivity index (χ4v) is 6.82. The Bertz CT molecular complexity index is 1770. The number of nitrogens with zero attached hydrogens (tertiary/aromatic N) is 5. The van der Waals surface area contributed by atoms with Crippen LogP contribution in [0.1, 0.15) is 37.7 Å². The molecule has 2 atom stereocenters. The van der Waals surface area contributed by atoms with Crippen LogP contribution in [0.5, 0.6) is 6.01 Å². The summed E-state index contributed by atoms with van der Waals surface area (Å²) in [5.74, 6) is -1.83. The Balaban J connectivity index is 1.43. The highest BCUT2D eigenvalue weighted by Gasteiger charge is 2.43. The lowest BCUT2D eigenvalue weighted by molar-refractivity contribution is -0.137. The number of nitrogens with two attached hydrogens (primary N) is 1. The first-order valence-corrected chi connectivity index (χ1v) is 14.4. The lowest BCUT2D eigenvalue weighted by Gasteiger charge is -2.34. The van der Waals surface area contributed by atoms with E-state index in [0.717, 1.165) is 55.2 Å². The molecule has 2 unspecified atom stereocenters. The second-order valence-corrected chi connectivity index (χ2v) is 12.2. The number of anilines is 2. The number of halogens is 5. The maximum atomic E-state index is 16.6. The van der Waals surface area contributed by atoms with Crippen LogP contribution in [0.4, 0.5) is 32.9 Å². The molecule has 7 rings (SSSR count). The number of aromatic nitrogens is 3. The summed E-state index contributed by atoms with van der Waals surface area (Å²) in [5, 5.41) is 12.7. The molecule has 2 saturated heterocycles. The lowest BCUT2D eigenvalue weighted by atomic mass is 9.95. The molecule has 2 aromatic heterocycles. The Morgan fingerprint density at radius 2 is 1.86 bits per heavy atom. The van der Waals surface area contributed by atoms with Crippen molar-refractivity contribution in [3.8, 4) is 23.2 Å². The summed E-state index contributed by atoms with van der Waals surface area (Å²) in [6, 6.07) is 5.23. The van der Waals surface area contributed by atoms with Gasteiger partial charge in [-0.05, 0) is 43.9 Å². The first kappa shape index (κ1) is 27.0. The van der Waals surface area contributed by atoms with Crippen LogP contribution in [0.15, 0.2) is 18.2 Å². The molecule has 3 aliphatic rings. The van der Waals surface area contributed by atoms with Gasteiger partial charge in [0.25, 0.3) is 0 Å². The van der Waals surface area contributed by atoms with Gasteiger partial charge in [0.2, 0.25) is 0 Å². The smallest absolute Gasteiger partial charge is 0.417 e. The van der Waals surface area contributed by atoms with Gasteiger partial charge in [-0.2, -0.15) is 28.4 Å². The maximum absolute atomic E-state index is 16.6. The molecule has 4 aromatic rings. The first-order valence-electron chi connectivity index (χ1n) is 13.6. The second kappa shape index (κ2) is 9.60. The van der Waals surface area contributed by atoms with Crippen LogP contribution < -0.4 is 20.7 Å². The van der Waals surface area contributed by atoms with Gasteiger partial charge in [0.05, 0.1) is 33.9 Å². The minimum Gasteiger partial charge on any atom is -0.463 e. The molecular formula is C28H24F5N7OS. The third-order valence-electron chi connectivity index (χ3n) is 8.40. The van der Waals surface area contributed by atoms with Crippen molar-refractivity contribution < 1.29 is 26.7 Å². The number of nitrogen functional groups attached to an aromatic ring is 1. The van der Waals surface area contributed by atoms with Crippen molar-refractivity contribution in [3.05, 3.63) is 35.4 Å². The van der Waals surface area contributed by atoms with E-state index >= 15 is 4.39 Å². The maximum Gasteiger partial charge on any atom is 0.417 e. The van der Waals surface area contributed by atoms with Crippen LogP contribution >= 0.6 is 11.3 Å². The van der Waals surface area contributed by atoms with Crippen molar-refractivity contribution in [1.29, 1.82) is 5.26 Å². The third kappa shape index (κ3) is 4.55. The van der Waals surface area contributed by atoms with Crippen molar-refractivity contribution in [2.24, 2.45) is 5.41 Å². The SMILES string of the molecule is N#CC1(CCOc2nc(N3CC4CCC(C3)N4)c3cc(C(F)(F)F)c(-c4ccc(F)c5sc(N)nc45)c(F)c3n2)CC1. The zero-order valence-electron chi connectivity index (χ0n) is 22.1. The van der Waals surface area contributed by atoms with Gasteiger partial charge >= 0.3 is 12.2 Å². The van der Waals surface area contributed by atoms with Crippen LogP contribution in [-0.2, 0) is 6.18 Å². The summed E-state index contributed by atoms with van der Waals surface area (Å²) in [6.45, 7) is 1.04. The average molecular weight is 602 g/mol. The van der Waals surface area contributed by atoms with E-state index < -0.39 is 34.4 Å². The number of hydrogen-bond donors (Lipinski definition) is 2. The van der Waals surface area contributed by atoms with Gasteiger partial charge in [-0.3, -0.25) is 0 Å². The van der Waals surface area contributed by atoms with Gasteiger partial charge in [-0.25, -0.2) is 13.8 Å². The topological polar surface area (TPSA) is 113 Å². The number of rotatable bonds is 6. The van der Waals surface area contributed by atoms with E-state index in [9.17, 15) is 22.8 Å². The quantitative estimate of drug-likeness (QED) is 0.267. The van der Waals surface area contributed by atoms with Crippen LogP contribution in [-0.4, -0.2) is 46.7 Å². The van der Waals surface area contributed by atoms with E-state index in [4.69, 9.17) is 10.5 Å². The molecule has 2 bridgehead atoms. The van der Waals surface area contributed by atoms with E-state index in [2.05, 4.69) is 26.3 Å². The third-order valence-corrected chi connectivity index (χ3v) is 9.29. The summed E-state index contributed by atoms with van der Waals surface area (Å²) in [4.78, 5) is 14.6. The number of fused-ring (bicyclic) bond motifs is 4. The van der Waals surface area contributed by atoms with Gasteiger partial charge < -0.3 is 20.7 Å². The highest BCUT2D eigenvalue weighted by Crippen LogP contribution is 2.48. The molecule has 0 amide bonds. The van der Waals surface area contributed by atoms with Crippen molar-refractivity contribution >= 4 is 43.4 Å². The fourth-order valence-electron chi connectivity index (χ4n) is 6.05. The van der Waals surface area contributed by atoms with E-state index in [-0.39, 0.29) is 62.3 Å². The molecule has 2 aliphatic heterocycles. The highest BCUT2D eigenvalue weighted by molar-refractivity contribution is 7.22. The normalized spacial score (nSPS) is 21.2. The summed E-state index contributed by atoms with van der Waals surface area (Å²) < 4.78 is 80.7. The van der Waals surface area contributed by atoms with Crippen molar-refractivity contribution in [2.45, 2.75) is 50.4 Å². The first-order chi connectivity index (χ1) is 20.0. The molecule has 42 heavy (non-hydrogen) atoms. The monoisotopic (exact) mass is 601 g/mol. The summed E-state index contributed by atoms with van der Waals surface area (Å²) in [7, 11) is 0. The molecule has 1 aliphatic carbocycles. The molecule has 2 aromatic carbocycles. The second-order valence-electron chi connectivity index (χ2n) is 11.2. The van der Waals surface area contributed by atoms with Gasteiger partial charge in [0.1, 0.15) is 17.2 Å². The van der Waals surface area contributed by atoms with Crippen molar-refractivity contribution in [2.75, 3.05) is 30.3 Å². The molecule has 0 spiro atoms. The largest absolute Gasteiger partial charge is 0.463 e. The zero-order chi connectivity index (χ0) is 29.4. The molecule has 14 heteroatoms. The van der Waals surface area contributed by atoms with Gasteiger partial charge in [-0.1, -0.05) is 11.3 Å². The number of piperazine rings is 1. The van der Waals surface area contributed by atoms with Crippen LogP contribution in [0.25, 0.3) is 32.2 Å². The number of nitriles is 1. The van der Waals surface area contributed by atoms with E-state index in [1.165, 1.54) is 0 Å². The molecule has 218 valence electrons. The number of alkyl halides is 3. The van der Waals surface area contributed by atoms with E-state index in [0.29, 0.717) is 19.5 Å². The minimum atomic E-state index is -4.97. The molecule has 8 nitrogen and oxygen atoms in total. The molecular weight excluding hydrogens is 577 g/mol. The summed E-state index contributed by atoms with van der Waals surface area (Å²) in [5.41, 5.74) is 2.46.